The molecule has 4 rings (SSSR count). The third-order valence-electron chi connectivity index (χ3n) is 5.95. The van der Waals surface area contributed by atoms with Crippen LogP contribution >= 0.6 is 0 Å². The van der Waals surface area contributed by atoms with E-state index in [-0.39, 0.29) is 37.6 Å². The van der Waals surface area contributed by atoms with Crippen molar-refractivity contribution in [2.45, 2.75) is 45.8 Å². The fourth-order valence-corrected chi connectivity index (χ4v) is 5.94. The first-order valence-corrected chi connectivity index (χ1v) is 12.7. The number of hydrogen-bond donors (Lipinski definition) is 0. The van der Waals surface area contributed by atoms with Crippen molar-refractivity contribution in [3.05, 3.63) is 35.7 Å². The molecule has 3 heterocycles. The molecule has 1 amide bonds. The molecule has 2 atom stereocenters. The summed E-state index contributed by atoms with van der Waals surface area (Å²) in [5.41, 5.74) is 1.98. The molecule has 2 fully saturated rings. The summed E-state index contributed by atoms with van der Waals surface area (Å²) < 4.78 is 40.3. The second-order valence-electron chi connectivity index (χ2n) is 8.73. The number of aromatic nitrogens is 2. The quantitative estimate of drug-likeness (QED) is 0.620. The minimum atomic E-state index is -3.57. The summed E-state index contributed by atoms with van der Waals surface area (Å²) in [6.07, 6.45) is 0.311. The van der Waals surface area contributed by atoms with Gasteiger partial charge in [0.15, 0.2) is 0 Å². The molecule has 1 aromatic carbocycles. The smallest absolute Gasteiger partial charge is 0.282 e. The lowest BCUT2D eigenvalue weighted by Crippen LogP contribution is -2.57. The fourth-order valence-electron chi connectivity index (χ4n) is 4.19. The standard InChI is InChI=1S/C22H31N5O5S/c1-16-4-6-19(7-5-16)22-24-23-20(32-22)8-9-21(28)25-10-12-26(13-11-25)33(29,30)27-14-17(2)31-18(3)15-27/h4-7,17-18H,8-15H2,1-3H3. The Morgan fingerprint density at radius 3 is 2.27 bits per heavy atom. The van der Waals surface area contributed by atoms with E-state index in [9.17, 15) is 13.2 Å². The van der Waals surface area contributed by atoms with E-state index in [1.807, 2.05) is 45.0 Å². The molecule has 2 aliphatic heterocycles. The maximum absolute atomic E-state index is 13.0. The number of benzene rings is 1. The predicted molar refractivity (Wildman–Crippen MR) is 121 cm³/mol. The highest BCUT2D eigenvalue weighted by Crippen LogP contribution is 2.21. The summed E-state index contributed by atoms with van der Waals surface area (Å²) in [5, 5.41) is 8.12. The molecule has 2 unspecified atom stereocenters. The Bertz CT molecular complexity index is 1050. The summed E-state index contributed by atoms with van der Waals surface area (Å²) in [6.45, 7) is 7.76. The van der Waals surface area contributed by atoms with Gasteiger partial charge in [0.05, 0.1) is 12.2 Å². The van der Waals surface area contributed by atoms with Crippen LogP contribution in [-0.2, 0) is 26.2 Å². The Labute approximate surface area is 194 Å². The zero-order valence-corrected chi connectivity index (χ0v) is 20.1. The normalized spacial score (nSPS) is 23.1. The van der Waals surface area contributed by atoms with Gasteiger partial charge in [-0.05, 0) is 32.9 Å². The monoisotopic (exact) mass is 477 g/mol. The number of carbonyl (C=O) groups is 1. The first kappa shape index (κ1) is 23.8. The Morgan fingerprint density at radius 1 is 1.00 bits per heavy atom. The van der Waals surface area contributed by atoms with Gasteiger partial charge in [0.1, 0.15) is 0 Å². The van der Waals surface area contributed by atoms with Crippen molar-refractivity contribution in [2.75, 3.05) is 39.3 Å². The summed E-state index contributed by atoms with van der Waals surface area (Å²) >= 11 is 0. The van der Waals surface area contributed by atoms with Crippen molar-refractivity contribution in [3.63, 3.8) is 0 Å². The van der Waals surface area contributed by atoms with Gasteiger partial charge in [-0.25, -0.2) is 0 Å². The van der Waals surface area contributed by atoms with Gasteiger partial charge in [0.25, 0.3) is 10.2 Å². The lowest BCUT2D eigenvalue weighted by atomic mass is 10.1. The molecule has 0 radical (unpaired) electrons. The van der Waals surface area contributed by atoms with E-state index >= 15 is 0 Å². The van der Waals surface area contributed by atoms with Gasteiger partial charge in [-0.15, -0.1) is 10.2 Å². The second kappa shape index (κ2) is 9.88. The molecule has 0 bridgehead atoms. The first-order valence-electron chi connectivity index (χ1n) is 11.3. The first-order chi connectivity index (χ1) is 15.7. The van der Waals surface area contributed by atoms with E-state index in [2.05, 4.69) is 10.2 Å². The average molecular weight is 478 g/mol. The van der Waals surface area contributed by atoms with Crippen LogP contribution in [0.5, 0.6) is 0 Å². The summed E-state index contributed by atoms with van der Waals surface area (Å²) in [6, 6.07) is 7.79. The minimum absolute atomic E-state index is 0.0456. The van der Waals surface area contributed by atoms with Crippen LogP contribution in [0.15, 0.2) is 28.7 Å². The van der Waals surface area contributed by atoms with Gasteiger partial charge >= 0.3 is 0 Å². The Balaban J connectivity index is 1.27. The van der Waals surface area contributed by atoms with Crippen LogP contribution < -0.4 is 0 Å². The SMILES string of the molecule is Cc1ccc(-c2nnc(CCC(=O)N3CCN(S(=O)(=O)N4CC(C)OC(C)C4)CC3)o2)cc1. The van der Waals surface area contributed by atoms with Gasteiger partial charge in [-0.3, -0.25) is 4.79 Å². The van der Waals surface area contributed by atoms with Crippen LogP contribution in [0.3, 0.4) is 0 Å². The van der Waals surface area contributed by atoms with Crippen molar-refractivity contribution in [1.29, 1.82) is 0 Å². The van der Waals surface area contributed by atoms with Crippen LogP contribution in [0.1, 0.15) is 31.7 Å². The number of ether oxygens (including phenoxy) is 1. The number of nitrogens with zero attached hydrogens (tertiary/aromatic N) is 5. The Morgan fingerprint density at radius 2 is 1.64 bits per heavy atom. The minimum Gasteiger partial charge on any atom is -0.421 e. The van der Waals surface area contributed by atoms with E-state index in [0.717, 1.165) is 11.1 Å². The third-order valence-corrected chi connectivity index (χ3v) is 7.92. The Hall–Kier alpha value is -2.34. The number of carbonyl (C=O) groups excluding carboxylic acids is 1. The summed E-state index contributed by atoms with van der Waals surface area (Å²) in [4.78, 5) is 14.4. The highest BCUT2D eigenvalue weighted by Gasteiger charge is 2.37. The lowest BCUT2D eigenvalue weighted by molar-refractivity contribution is -0.132. The zero-order chi connectivity index (χ0) is 23.6. The van der Waals surface area contributed by atoms with Crippen LogP contribution in [-0.4, -0.2) is 89.5 Å². The second-order valence-corrected chi connectivity index (χ2v) is 10.7. The van der Waals surface area contributed by atoms with Gasteiger partial charge in [0, 0.05) is 57.7 Å². The van der Waals surface area contributed by atoms with E-state index in [4.69, 9.17) is 9.15 Å². The van der Waals surface area contributed by atoms with Crippen LogP contribution in [0.2, 0.25) is 0 Å². The number of amides is 1. The molecule has 0 aliphatic carbocycles. The molecule has 2 saturated heterocycles. The van der Waals surface area contributed by atoms with Crippen LogP contribution in [0, 0.1) is 6.92 Å². The molecule has 33 heavy (non-hydrogen) atoms. The highest BCUT2D eigenvalue weighted by atomic mass is 32.2. The Kier molecular flexibility index (Phi) is 7.13. The van der Waals surface area contributed by atoms with E-state index in [1.165, 1.54) is 8.61 Å². The molecule has 0 spiro atoms. The van der Waals surface area contributed by atoms with E-state index in [1.54, 1.807) is 4.90 Å². The van der Waals surface area contributed by atoms with E-state index < -0.39 is 10.2 Å². The number of morpholine rings is 1. The highest BCUT2D eigenvalue weighted by molar-refractivity contribution is 7.86. The molecule has 2 aliphatic rings. The number of piperazine rings is 1. The fraction of sp³-hybridized carbons (Fsp3) is 0.591. The van der Waals surface area contributed by atoms with Gasteiger partial charge < -0.3 is 14.1 Å². The van der Waals surface area contributed by atoms with E-state index in [0.29, 0.717) is 44.4 Å². The average Bonchev–Trinajstić information content (AvgIpc) is 3.26. The van der Waals surface area contributed by atoms with Crippen molar-refractivity contribution in [3.8, 4) is 11.5 Å². The number of aryl methyl sites for hydroxylation is 2. The summed E-state index contributed by atoms with van der Waals surface area (Å²) in [5.74, 6) is 0.800. The van der Waals surface area contributed by atoms with Crippen LogP contribution in [0.25, 0.3) is 11.5 Å². The zero-order valence-electron chi connectivity index (χ0n) is 19.3. The molecule has 2 aromatic rings. The van der Waals surface area contributed by atoms with Crippen molar-refractivity contribution < 1.29 is 22.4 Å². The molecule has 180 valence electrons. The van der Waals surface area contributed by atoms with Gasteiger partial charge in [0.2, 0.25) is 17.7 Å². The number of hydrogen-bond acceptors (Lipinski definition) is 7. The van der Waals surface area contributed by atoms with Gasteiger partial charge in [-0.2, -0.15) is 17.0 Å². The van der Waals surface area contributed by atoms with Crippen molar-refractivity contribution in [1.82, 2.24) is 23.7 Å². The molecular weight excluding hydrogens is 446 g/mol. The predicted octanol–water partition coefficient (Wildman–Crippen LogP) is 1.48. The molecular formula is C22H31N5O5S. The van der Waals surface area contributed by atoms with Crippen LogP contribution in [0.4, 0.5) is 0 Å². The van der Waals surface area contributed by atoms with Crippen molar-refractivity contribution in [2.24, 2.45) is 0 Å². The molecule has 1 aromatic heterocycles. The summed E-state index contributed by atoms with van der Waals surface area (Å²) in [7, 11) is -3.57. The van der Waals surface area contributed by atoms with Gasteiger partial charge in [-0.1, -0.05) is 17.7 Å². The molecule has 0 saturated carbocycles. The van der Waals surface area contributed by atoms with Crippen molar-refractivity contribution >= 4 is 16.1 Å². The topological polar surface area (TPSA) is 109 Å². The lowest BCUT2D eigenvalue weighted by Gasteiger charge is -2.40. The number of rotatable bonds is 6. The molecule has 10 nitrogen and oxygen atoms in total. The maximum atomic E-state index is 13.0. The third kappa shape index (κ3) is 5.60. The maximum Gasteiger partial charge on any atom is 0.282 e. The largest absolute Gasteiger partial charge is 0.421 e. The molecule has 11 heteroatoms. The molecule has 0 N–H and O–H groups in total.